The molecule has 2 aromatic rings. The molecule has 3 N–H and O–H groups in total. The highest BCUT2D eigenvalue weighted by Gasteiger charge is 2.08. The van der Waals surface area contributed by atoms with E-state index in [1.165, 1.54) is 0 Å². The van der Waals surface area contributed by atoms with Crippen molar-refractivity contribution in [2.45, 2.75) is 20.3 Å². The molecule has 0 aliphatic heterocycles. The van der Waals surface area contributed by atoms with E-state index in [-0.39, 0.29) is 6.03 Å². The van der Waals surface area contributed by atoms with Crippen LogP contribution in [0.1, 0.15) is 18.9 Å². The van der Waals surface area contributed by atoms with Crippen molar-refractivity contribution >= 4 is 29.2 Å². The lowest BCUT2D eigenvalue weighted by Gasteiger charge is -2.12. The normalized spacial score (nSPS) is 9.92. The number of anilines is 3. The van der Waals surface area contributed by atoms with Gasteiger partial charge in [0, 0.05) is 17.1 Å². The van der Waals surface area contributed by atoms with E-state index in [9.17, 15) is 9.59 Å². The Morgan fingerprint density at radius 2 is 1.71 bits per heavy atom. The monoisotopic (exact) mass is 327 g/mol. The molecule has 24 heavy (non-hydrogen) atoms. The summed E-state index contributed by atoms with van der Waals surface area (Å²) in [6.45, 7) is 4.16. The first-order valence-electron chi connectivity index (χ1n) is 7.76. The summed E-state index contributed by atoms with van der Waals surface area (Å²) in [7, 11) is 0. The lowest BCUT2D eigenvalue weighted by atomic mass is 10.2. The van der Waals surface area contributed by atoms with Crippen LogP contribution in [0.15, 0.2) is 48.5 Å². The number of nitrogens with one attached hydrogen (secondary N) is 3. The topological polar surface area (TPSA) is 79.5 Å². The average Bonchev–Trinajstić information content (AvgIpc) is 2.57. The predicted octanol–water partition coefficient (Wildman–Crippen LogP) is 4.60. The Morgan fingerprint density at radius 3 is 2.42 bits per heavy atom. The van der Waals surface area contributed by atoms with Crippen molar-refractivity contribution in [1.29, 1.82) is 0 Å². The van der Waals surface area contributed by atoms with Crippen molar-refractivity contribution in [3.63, 3.8) is 0 Å². The SMILES string of the molecule is CCCOC(=O)Nc1ccc(C)c(NC(=O)Nc2ccccc2)c1. The van der Waals surface area contributed by atoms with Gasteiger partial charge in [0.1, 0.15) is 0 Å². The van der Waals surface area contributed by atoms with Crippen LogP contribution in [0, 0.1) is 6.92 Å². The molecule has 126 valence electrons. The maximum atomic E-state index is 12.1. The Bertz CT molecular complexity index is 702. The first-order chi connectivity index (χ1) is 11.6. The molecule has 0 aromatic heterocycles. The van der Waals surface area contributed by atoms with Crippen LogP contribution in [0.2, 0.25) is 0 Å². The number of carbonyl (C=O) groups excluding carboxylic acids is 2. The Balaban J connectivity index is 2.00. The van der Waals surface area contributed by atoms with Gasteiger partial charge in [0.25, 0.3) is 0 Å². The van der Waals surface area contributed by atoms with Gasteiger partial charge in [-0.15, -0.1) is 0 Å². The second-order valence-electron chi connectivity index (χ2n) is 5.24. The summed E-state index contributed by atoms with van der Waals surface area (Å²) in [5, 5.41) is 8.15. The van der Waals surface area contributed by atoms with Crippen LogP contribution in [-0.4, -0.2) is 18.7 Å². The number of amides is 3. The summed E-state index contributed by atoms with van der Waals surface area (Å²) in [6.07, 6.45) is 0.244. The van der Waals surface area contributed by atoms with E-state index in [0.717, 1.165) is 12.0 Å². The molecule has 3 amide bonds. The fourth-order valence-corrected chi connectivity index (χ4v) is 1.99. The smallest absolute Gasteiger partial charge is 0.411 e. The van der Waals surface area contributed by atoms with Crippen molar-refractivity contribution in [2.24, 2.45) is 0 Å². The minimum absolute atomic E-state index is 0.352. The zero-order valence-corrected chi connectivity index (χ0v) is 13.8. The molecule has 0 aliphatic rings. The Kier molecular flexibility index (Phi) is 6.19. The molecule has 0 fully saturated rings. The second-order valence-corrected chi connectivity index (χ2v) is 5.24. The van der Waals surface area contributed by atoms with Crippen molar-refractivity contribution in [2.75, 3.05) is 22.6 Å². The van der Waals surface area contributed by atoms with Crippen LogP contribution < -0.4 is 16.0 Å². The number of aryl methyl sites for hydroxylation is 1. The van der Waals surface area contributed by atoms with Crippen LogP contribution in [0.5, 0.6) is 0 Å². The molecule has 2 rings (SSSR count). The number of para-hydroxylation sites is 1. The summed E-state index contributed by atoms with van der Waals surface area (Å²) in [5.74, 6) is 0. The van der Waals surface area contributed by atoms with E-state index in [4.69, 9.17) is 4.74 Å². The van der Waals surface area contributed by atoms with Crippen molar-refractivity contribution in [3.05, 3.63) is 54.1 Å². The van der Waals surface area contributed by atoms with Gasteiger partial charge in [-0.05, 0) is 43.2 Å². The molecular weight excluding hydrogens is 306 g/mol. The molecule has 0 saturated carbocycles. The van der Waals surface area contributed by atoms with Crippen LogP contribution in [0.3, 0.4) is 0 Å². The van der Waals surface area contributed by atoms with Crippen molar-refractivity contribution in [3.8, 4) is 0 Å². The Morgan fingerprint density at radius 1 is 0.958 bits per heavy atom. The number of rotatable bonds is 5. The zero-order valence-electron chi connectivity index (χ0n) is 13.8. The fraction of sp³-hybridized carbons (Fsp3) is 0.222. The minimum Gasteiger partial charge on any atom is -0.449 e. The maximum Gasteiger partial charge on any atom is 0.411 e. The first-order valence-corrected chi connectivity index (χ1v) is 7.76. The van der Waals surface area contributed by atoms with E-state index >= 15 is 0 Å². The van der Waals surface area contributed by atoms with Crippen LogP contribution in [0.25, 0.3) is 0 Å². The molecule has 0 heterocycles. The summed E-state index contributed by atoms with van der Waals surface area (Å²) < 4.78 is 4.98. The molecule has 0 saturated heterocycles. The van der Waals surface area contributed by atoms with Gasteiger partial charge < -0.3 is 15.4 Å². The predicted molar refractivity (Wildman–Crippen MR) is 95.5 cm³/mol. The van der Waals surface area contributed by atoms with Gasteiger partial charge in [-0.25, -0.2) is 9.59 Å². The first kappa shape index (κ1) is 17.3. The minimum atomic E-state index is -0.514. The van der Waals surface area contributed by atoms with Crippen LogP contribution >= 0.6 is 0 Å². The molecule has 2 aromatic carbocycles. The fourth-order valence-electron chi connectivity index (χ4n) is 1.99. The third-order valence-corrected chi connectivity index (χ3v) is 3.20. The van der Waals surface area contributed by atoms with E-state index < -0.39 is 6.09 Å². The molecule has 0 spiro atoms. The van der Waals surface area contributed by atoms with E-state index in [1.807, 2.05) is 38.1 Å². The number of benzene rings is 2. The number of hydrogen-bond donors (Lipinski definition) is 3. The Hall–Kier alpha value is -3.02. The number of urea groups is 1. The number of ether oxygens (including phenoxy) is 1. The summed E-state index contributed by atoms with van der Waals surface area (Å²) in [4.78, 5) is 23.7. The van der Waals surface area contributed by atoms with Gasteiger partial charge in [-0.2, -0.15) is 0 Å². The van der Waals surface area contributed by atoms with Crippen LogP contribution in [0.4, 0.5) is 26.7 Å². The summed E-state index contributed by atoms with van der Waals surface area (Å²) in [6, 6.07) is 14.1. The molecule has 6 heteroatoms. The molecule has 0 unspecified atom stereocenters. The third kappa shape index (κ3) is 5.31. The standard InChI is InChI=1S/C18H21N3O3/c1-3-11-24-18(23)20-15-10-9-13(2)16(12-15)21-17(22)19-14-7-5-4-6-8-14/h4-10,12H,3,11H2,1-2H3,(H,20,23)(H2,19,21,22). The highest BCUT2D eigenvalue weighted by atomic mass is 16.5. The van der Waals surface area contributed by atoms with Gasteiger partial charge in [0.15, 0.2) is 0 Å². The lowest BCUT2D eigenvalue weighted by molar-refractivity contribution is 0.161. The molecule has 0 atom stereocenters. The highest BCUT2D eigenvalue weighted by molar-refractivity contribution is 6.00. The molecule has 0 radical (unpaired) electrons. The van der Waals surface area contributed by atoms with Gasteiger partial charge in [-0.1, -0.05) is 31.2 Å². The lowest BCUT2D eigenvalue weighted by Crippen LogP contribution is -2.20. The van der Waals surface area contributed by atoms with Gasteiger partial charge in [-0.3, -0.25) is 5.32 Å². The van der Waals surface area contributed by atoms with Crippen molar-refractivity contribution in [1.82, 2.24) is 0 Å². The molecular formula is C18H21N3O3. The quantitative estimate of drug-likeness (QED) is 0.751. The van der Waals surface area contributed by atoms with E-state index in [2.05, 4.69) is 16.0 Å². The second kappa shape index (κ2) is 8.57. The summed E-state index contributed by atoms with van der Waals surface area (Å²) >= 11 is 0. The molecule has 6 nitrogen and oxygen atoms in total. The van der Waals surface area contributed by atoms with Gasteiger partial charge in [0.2, 0.25) is 0 Å². The zero-order chi connectivity index (χ0) is 17.4. The highest BCUT2D eigenvalue weighted by Crippen LogP contribution is 2.21. The largest absolute Gasteiger partial charge is 0.449 e. The number of carbonyl (C=O) groups is 2. The van der Waals surface area contributed by atoms with Gasteiger partial charge >= 0.3 is 12.1 Å². The van der Waals surface area contributed by atoms with E-state index in [0.29, 0.717) is 23.7 Å². The van der Waals surface area contributed by atoms with Crippen molar-refractivity contribution < 1.29 is 14.3 Å². The third-order valence-electron chi connectivity index (χ3n) is 3.20. The number of hydrogen-bond acceptors (Lipinski definition) is 3. The van der Waals surface area contributed by atoms with Crippen LogP contribution in [-0.2, 0) is 4.74 Å². The Labute approximate surface area is 141 Å². The molecule has 0 aliphatic carbocycles. The summed E-state index contributed by atoms with van der Waals surface area (Å²) in [5.41, 5.74) is 2.74. The average molecular weight is 327 g/mol. The maximum absolute atomic E-state index is 12.1. The molecule has 0 bridgehead atoms. The van der Waals surface area contributed by atoms with E-state index in [1.54, 1.807) is 24.3 Å². The van der Waals surface area contributed by atoms with Gasteiger partial charge in [0.05, 0.1) is 6.61 Å².